The number of hydrogen-bond donors (Lipinski definition) is 3. The maximum atomic E-state index is 12.3. The third kappa shape index (κ3) is 2.65. The Balaban J connectivity index is 2.04. The highest BCUT2D eigenvalue weighted by atomic mass is 32.1. The summed E-state index contributed by atoms with van der Waals surface area (Å²) in [5, 5.41) is 17.0. The Kier molecular flexibility index (Phi) is 4.36. The van der Waals surface area contributed by atoms with E-state index >= 15 is 0 Å². The topological polar surface area (TPSA) is 65.1 Å². The van der Waals surface area contributed by atoms with Crippen LogP contribution >= 0.6 is 11.3 Å². The lowest BCUT2D eigenvalue weighted by molar-refractivity contribution is 0.282. The standard InChI is InChI=1S/C21H20N2O2S/c1-12(22-2)13-3-5-14(6-4-13)18-15(11-24)7-8-17-19(18)16-9-10-26-20(16)21(25)23-17/h3-10,12,22,24H,11H2,1-2H3,(H,23,25). The van der Waals surface area contributed by atoms with Gasteiger partial charge in [-0.2, -0.15) is 0 Å². The monoisotopic (exact) mass is 364 g/mol. The Morgan fingerprint density at radius 3 is 2.62 bits per heavy atom. The van der Waals surface area contributed by atoms with Crippen LogP contribution in [0.1, 0.15) is 24.1 Å². The summed E-state index contributed by atoms with van der Waals surface area (Å²) in [6.45, 7) is 2.07. The second-order valence-corrected chi connectivity index (χ2v) is 7.35. The molecule has 0 aliphatic rings. The van der Waals surface area contributed by atoms with E-state index in [1.807, 2.05) is 30.6 Å². The molecule has 4 rings (SSSR count). The van der Waals surface area contributed by atoms with Gasteiger partial charge in [-0.05, 0) is 53.7 Å². The van der Waals surface area contributed by atoms with Crippen molar-refractivity contribution in [2.75, 3.05) is 7.05 Å². The molecule has 1 atom stereocenters. The lowest BCUT2D eigenvalue weighted by Gasteiger charge is -2.15. The maximum absolute atomic E-state index is 12.3. The average molecular weight is 364 g/mol. The Labute approximate surface area is 155 Å². The molecule has 0 radical (unpaired) electrons. The normalized spacial score (nSPS) is 12.7. The fourth-order valence-electron chi connectivity index (χ4n) is 3.46. The zero-order valence-corrected chi connectivity index (χ0v) is 15.5. The van der Waals surface area contributed by atoms with Gasteiger partial charge in [-0.3, -0.25) is 4.79 Å². The molecule has 0 aliphatic carbocycles. The first-order chi connectivity index (χ1) is 12.6. The van der Waals surface area contributed by atoms with Gasteiger partial charge in [0.15, 0.2) is 0 Å². The minimum atomic E-state index is -0.0663. The van der Waals surface area contributed by atoms with Crippen LogP contribution < -0.4 is 10.9 Å². The third-order valence-corrected chi connectivity index (χ3v) is 5.90. The molecule has 4 aromatic rings. The van der Waals surface area contributed by atoms with E-state index in [0.29, 0.717) is 4.70 Å². The Hall–Kier alpha value is -2.47. The molecule has 132 valence electrons. The summed E-state index contributed by atoms with van der Waals surface area (Å²) in [5.41, 5.74) is 4.80. The zero-order chi connectivity index (χ0) is 18.3. The Bertz CT molecular complexity index is 1140. The van der Waals surface area contributed by atoms with Gasteiger partial charge in [-0.1, -0.05) is 30.3 Å². The Morgan fingerprint density at radius 2 is 1.92 bits per heavy atom. The SMILES string of the molecule is CNC(C)c1ccc(-c2c(CO)ccc3[nH]c(=O)c4sccc4c23)cc1. The molecule has 2 heterocycles. The summed E-state index contributed by atoms with van der Waals surface area (Å²) in [6.07, 6.45) is 0. The van der Waals surface area contributed by atoms with E-state index in [1.165, 1.54) is 16.9 Å². The smallest absolute Gasteiger partial charge is 0.266 e. The number of pyridine rings is 1. The van der Waals surface area contributed by atoms with Gasteiger partial charge in [-0.25, -0.2) is 0 Å². The van der Waals surface area contributed by atoms with E-state index in [4.69, 9.17) is 0 Å². The van der Waals surface area contributed by atoms with Gasteiger partial charge in [0, 0.05) is 22.3 Å². The van der Waals surface area contributed by atoms with Gasteiger partial charge in [0.25, 0.3) is 5.56 Å². The lowest BCUT2D eigenvalue weighted by Crippen LogP contribution is -2.11. The molecule has 0 amide bonds. The summed E-state index contributed by atoms with van der Waals surface area (Å²) >= 11 is 1.44. The number of thiophene rings is 1. The highest BCUT2D eigenvalue weighted by Crippen LogP contribution is 2.37. The number of fused-ring (bicyclic) bond motifs is 3. The summed E-state index contributed by atoms with van der Waals surface area (Å²) in [5.74, 6) is 0. The van der Waals surface area contributed by atoms with Crippen LogP contribution in [-0.2, 0) is 6.61 Å². The number of rotatable bonds is 4. The van der Waals surface area contributed by atoms with Crippen molar-refractivity contribution in [3.8, 4) is 11.1 Å². The minimum absolute atomic E-state index is 0.0509. The molecular weight excluding hydrogens is 344 g/mol. The van der Waals surface area contributed by atoms with Crippen molar-refractivity contribution in [3.05, 3.63) is 69.3 Å². The lowest BCUT2D eigenvalue weighted by atomic mass is 9.92. The molecule has 4 nitrogen and oxygen atoms in total. The molecule has 0 spiro atoms. The van der Waals surface area contributed by atoms with Crippen LogP contribution in [0.25, 0.3) is 32.1 Å². The highest BCUT2D eigenvalue weighted by molar-refractivity contribution is 7.17. The van der Waals surface area contributed by atoms with Crippen molar-refractivity contribution >= 4 is 32.3 Å². The van der Waals surface area contributed by atoms with Crippen molar-refractivity contribution in [2.45, 2.75) is 19.6 Å². The van der Waals surface area contributed by atoms with Crippen LogP contribution in [0.4, 0.5) is 0 Å². The van der Waals surface area contributed by atoms with Crippen molar-refractivity contribution in [2.24, 2.45) is 0 Å². The van der Waals surface area contributed by atoms with E-state index < -0.39 is 0 Å². The summed E-state index contributed by atoms with van der Waals surface area (Å²) < 4.78 is 0.717. The number of benzene rings is 2. The largest absolute Gasteiger partial charge is 0.392 e. The molecule has 0 bridgehead atoms. The van der Waals surface area contributed by atoms with Crippen LogP contribution in [0.2, 0.25) is 0 Å². The molecule has 2 aromatic heterocycles. The van der Waals surface area contributed by atoms with E-state index in [0.717, 1.165) is 33.0 Å². The van der Waals surface area contributed by atoms with Gasteiger partial charge in [0.2, 0.25) is 0 Å². The molecule has 5 heteroatoms. The number of nitrogens with one attached hydrogen (secondary N) is 2. The molecule has 0 saturated carbocycles. The van der Waals surface area contributed by atoms with Crippen LogP contribution in [0.5, 0.6) is 0 Å². The van der Waals surface area contributed by atoms with Gasteiger partial charge in [0.05, 0.1) is 6.61 Å². The number of aliphatic hydroxyl groups is 1. The van der Waals surface area contributed by atoms with Crippen LogP contribution in [0.3, 0.4) is 0 Å². The quantitative estimate of drug-likeness (QED) is 0.509. The molecule has 3 N–H and O–H groups in total. The fraction of sp³-hybridized carbons (Fsp3) is 0.190. The number of aromatic nitrogens is 1. The molecule has 0 saturated heterocycles. The summed E-state index contributed by atoms with van der Waals surface area (Å²) in [6, 6.07) is 14.4. The molecular formula is C21H20N2O2S. The van der Waals surface area contributed by atoms with Crippen molar-refractivity contribution in [3.63, 3.8) is 0 Å². The van der Waals surface area contributed by atoms with E-state index in [-0.39, 0.29) is 18.2 Å². The third-order valence-electron chi connectivity index (χ3n) is 4.98. The molecule has 0 fully saturated rings. The fourth-order valence-corrected chi connectivity index (χ4v) is 4.25. The summed E-state index contributed by atoms with van der Waals surface area (Å²) in [7, 11) is 1.94. The van der Waals surface area contributed by atoms with E-state index in [2.05, 4.69) is 41.5 Å². The first-order valence-corrected chi connectivity index (χ1v) is 9.45. The van der Waals surface area contributed by atoms with E-state index in [9.17, 15) is 9.90 Å². The molecule has 1 unspecified atom stereocenters. The van der Waals surface area contributed by atoms with E-state index in [1.54, 1.807) is 0 Å². The van der Waals surface area contributed by atoms with Gasteiger partial charge >= 0.3 is 0 Å². The number of aromatic amines is 1. The second kappa shape index (κ2) is 6.68. The second-order valence-electron chi connectivity index (χ2n) is 6.43. The molecule has 26 heavy (non-hydrogen) atoms. The van der Waals surface area contributed by atoms with Crippen molar-refractivity contribution in [1.82, 2.24) is 10.3 Å². The number of H-pyrrole nitrogens is 1. The van der Waals surface area contributed by atoms with Crippen molar-refractivity contribution in [1.29, 1.82) is 0 Å². The predicted octanol–water partition coefficient (Wildman–Crippen LogP) is 4.18. The first-order valence-electron chi connectivity index (χ1n) is 8.57. The van der Waals surface area contributed by atoms with Crippen LogP contribution in [0.15, 0.2) is 52.6 Å². The zero-order valence-electron chi connectivity index (χ0n) is 14.7. The molecule has 2 aromatic carbocycles. The van der Waals surface area contributed by atoms with Crippen LogP contribution in [0, 0.1) is 0 Å². The van der Waals surface area contributed by atoms with Gasteiger partial charge < -0.3 is 15.4 Å². The Morgan fingerprint density at radius 1 is 1.15 bits per heavy atom. The van der Waals surface area contributed by atoms with Gasteiger partial charge in [0.1, 0.15) is 4.70 Å². The van der Waals surface area contributed by atoms with Gasteiger partial charge in [-0.15, -0.1) is 11.3 Å². The maximum Gasteiger partial charge on any atom is 0.266 e. The highest BCUT2D eigenvalue weighted by Gasteiger charge is 2.15. The number of hydrogen-bond acceptors (Lipinski definition) is 4. The first kappa shape index (κ1) is 17.0. The molecule has 0 aliphatic heterocycles. The average Bonchev–Trinajstić information content (AvgIpc) is 3.17. The summed E-state index contributed by atoms with van der Waals surface area (Å²) in [4.78, 5) is 15.3. The minimum Gasteiger partial charge on any atom is -0.392 e. The predicted molar refractivity (Wildman–Crippen MR) is 109 cm³/mol. The van der Waals surface area contributed by atoms with Crippen LogP contribution in [-0.4, -0.2) is 17.1 Å². The van der Waals surface area contributed by atoms with Crippen molar-refractivity contribution < 1.29 is 5.11 Å². The number of aliphatic hydroxyl groups excluding tert-OH is 1.